The molecule has 1 aliphatic rings. The summed E-state index contributed by atoms with van der Waals surface area (Å²) in [6.45, 7) is 1.26. The first-order valence-electron chi connectivity index (χ1n) is 8.28. The third-order valence-electron chi connectivity index (χ3n) is 4.36. The maximum atomic E-state index is 13.2. The van der Waals surface area contributed by atoms with E-state index in [4.69, 9.17) is 0 Å². The van der Waals surface area contributed by atoms with Gasteiger partial charge in [-0.1, -0.05) is 36.4 Å². The molecule has 2 aromatic rings. The Bertz CT molecular complexity index is 888. The summed E-state index contributed by atoms with van der Waals surface area (Å²) in [4.78, 5) is 1.79. The number of rotatable bonds is 4. The fourth-order valence-corrected chi connectivity index (χ4v) is 4.74. The van der Waals surface area contributed by atoms with Crippen LogP contribution in [0.4, 0.5) is 13.2 Å². The molecule has 0 saturated carbocycles. The van der Waals surface area contributed by atoms with E-state index in [0.717, 1.165) is 17.7 Å². The third-order valence-corrected chi connectivity index (χ3v) is 6.27. The van der Waals surface area contributed by atoms with Crippen LogP contribution >= 0.6 is 0 Å². The van der Waals surface area contributed by atoms with Crippen LogP contribution in [0.1, 0.15) is 11.6 Å². The van der Waals surface area contributed by atoms with Crippen molar-refractivity contribution < 1.29 is 26.3 Å². The number of piperazine rings is 1. The van der Waals surface area contributed by atoms with Gasteiger partial charge < -0.3 is 9.64 Å². The van der Waals surface area contributed by atoms with Crippen LogP contribution in [0.2, 0.25) is 0 Å². The number of hydrogen-bond acceptors (Lipinski definition) is 4. The van der Waals surface area contributed by atoms with E-state index in [1.165, 1.54) is 16.4 Å². The Labute approximate surface area is 156 Å². The summed E-state index contributed by atoms with van der Waals surface area (Å²) in [6, 6.07) is 13.2. The van der Waals surface area contributed by atoms with Crippen LogP contribution < -0.4 is 4.74 Å². The number of hydrogen-bond donors (Lipinski definition) is 0. The van der Waals surface area contributed by atoms with Gasteiger partial charge >= 0.3 is 6.36 Å². The first-order chi connectivity index (χ1) is 12.7. The van der Waals surface area contributed by atoms with E-state index in [2.05, 4.69) is 4.74 Å². The topological polar surface area (TPSA) is 49.9 Å². The second kappa shape index (κ2) is 7.49. The van der Waals surface area contributed by atoms with Gasteiger partial charge in [-0.2, -0.15) is 4.31 Å². The molecule has 3 rings (SSSR count). The summed E-state index contributed by atoms with van der Waals surface area (Å²) in [5.41, 5.74) is 0.829. The molecule has 1 fully saturated rings. The van der Waals surface area contributed by atoms with E-state index < -0.39 is 28.2 Å². The molecule has 5 nitrogen and oxygen atoms in total. The quantitative estimate of drug-likeness (QED) is 0.791. The van der Waals surface area contributed by atoms with Crippen molar-refractivity contribution in [1.82, 2.24) is 9.21 Å². The van der Waals surface area contributed by atoms with Crippen LogP contribution in [0.15, 0.2) is 59.5 Å². The predicted octanol–water partition coefficient (Wildman–Crippen LogP) is 3.26. The first kappa shape index (κ1) is 19.7. The smallest absolute Gasteiger partial charge is 0.406 e. The maximum Gasteiger partial charge on any atom is 0.573 e. The lowest BCUT2D eigenvalue weighted by atomic mass is 10.1. The molecule has 0 amide bonds. The standard InChI is InChI=1S/C18H19F3N2O3S/c1-22-10-11-23(17(13-22)14-6-3-2-4-7-14)27(24,25)16-9-5-8-15(12-16)26-18(19,20)21/h2-9,12,17H,10-11,13H2,1H3. The molecule has 1 aliphatic heterocycles. The van der Waals surface area contributed by atoms with E-state index in [0.29, 0.717) is 13.1 Å². The van der Waals surface area contributed by atoms with E-state index in [1.807, 2.05) is 42.3 Å². The average Bonchev–Trinajstić information content (AvgIpc) is 2.61. The molecule has 0 spiro atoms. The molecule has 27 heavy (non-hydrogen) atoms. The number of likely N-dealkylation sites (N-methyl/N-ethyl adjacent to an activating group) is 1. The maximum absolute atomic E-state index is 13.2. The number of nitrogens with zero attached hydrogens (tertiary/aromatic N) is 2. The van der Waals surface area contributed by atoms with Gasteiger partial charge in [-0.3, -0.25) is 0 Å². The summed E-state index contributed by atoms with van der Waals surface area (Å²) in [7, 11) is -2.10. The van der Waals surface area contributed by atoms with Crippen molar-refractivity contribution >= 4 is 10.0 Å². The highest BCUT2D eigenvalue weighted by molar-refractivity contribution is 7.89. The van der Waals surface area contributed by atoms with Gasteiger partial charge in [0.1, 0.15) is 5.75 Å². The number of ether oxygens (including phenoxy) is 1. The van der Waals surface area contributed by atoms with Crippen molar-refractivity contribution in [2.24, 2.45) is 0 Å². The minimum absolute atomic E-state index is 0.227. The molecule has 1 atom stereocenters. The van der Waals surface area contributed by atoms with Crippen molar-refractivity contribution in [3.05, 3.63) is 60.2 Å². The molecule has 0 aromatic heterocycles. The molecular formula is C18H19F3N2O3S. The monoisotopic (exact) mass is 400 g/mol. The zero-order chi connectivity index (χ0) is 19.7. The zero-order valence-corrected chi connectivity index (χ0v) is 15.4. The van der Waals surface area contributed by atoms with Gasteiger partial charge in [0.25, 0.3) is 0 Å². The highest BCUT2D eigenvalue weighted by Gasteiger charge is 2.37. The van der Waals surface area contributed by atoms with Crippen molar-refractivity contribution in [2.45, 2.75) is 17.3 Å². The van der Waals surface area contributed by atoms with Crippen LogP contribution in [-0.4, -0.2) is 50.7 Å². The van der Waals surface area contributed by atoms with Crippen molar-refractivity contribution in [1.29, 1.82) is 0 Å². The Balaban J connectivity index is 1.96. The van der Waals surface area contributed by atoms with E-state index in [1.54, 1.807) is 0 Å². The van der Waals surface area contributed by atoms with E-state index in [-0.39, 0.29) is 11.4 Å². The molecule has 146 valence electrons. The first-order valence-corrected chi connectivity index (χ1v) is 9.72. The van der Waals surface area contributed by atoms with Crippen molar-refractivity contribution in [3.8, 4) is 5.75 Å². The molecule has 1 heterocycles. The summed E-state index contributed by atoms with van der Waals surface area (Å²) >= 11 is 0. The Morgan fingerprint density at radius 1 is 1.04 bits per heavy atom. The molecule has 9 heteroatoms. The van der Waals surface area contributed by atoms with Gasteiger partial charge in [0, 0.05) is 25.7 Å². The minimum atomic E-state index is -4.89. The van der Waals surface area contributed by atoms with Gasteiger partial charge in [-0.15, -0.1) is 13.2 Å². The normalized spacial score (nSPS) is 19.8. The SMILES string of the molecule is CN1CCN(S(=O)(=O)c2cccc(OC(F)(F)F)c2)C(c2ccccc2)C1. The molecule has 0 N–H and O–H groups in total. The highest BCUT2D eigenvalue weighted by atomic mass is 32.2. The highest BCUT2D eigenvalue weighted by Crippen LogP contribution is 2.32. The Morgan fingerprint density at radius 2 is 1.74 bits per heavy atom. The minimum Gasteiger partial charge on any atom is -0.406 e. The predicted molar refractivity (Wildman–Crippen MR) is 93.7 cm³/mol. The molecule has 0 bridgehead atoms. The number of alkyl halides is 3. The molecule has 0 radical (unpaired) electrons. The van der Waals surface area contributed by atoms with Crippen molar-refractivity contribution in [2.75, 3.05) is 26.7 Å². The van der Waals surface area contributed by atoms with Crippen LogP contribution in [0.3, 0.4) is 0 Å². The Hall–Kier alpha value is -2.10. The fraction of sp³-hybridized carbons (Fsp3) is 0.333. The van der Waals surface area contributed by atoms with Gasteiger partial charge in [0.15, 0.2) is 0 Å². The fourth-order valence-electron chi connectivity index (χ4n) is 3.10. The Kier molecular flexibility index (Phi) is 5.45. The summed E-state index contributed by atoms with van der Waals surface area (Å²) in [5.74, 6) is -0.561. The van der Waals surface area contributed by atoms with Crippen molar-refractivity contribution in [3.63, 3.8) is 0 Å². The summed E-state index contributed by atoms with van der Waals surface area (Å²) < 4.78 is 68.9. The average molecular weight is 400 g/mol. The number of benzene rings is 2. The molecular weight excluding hydrogens is 381 g/mol. The van der Waals surface area contributed by atoms with E-state index >= 15 is 0 Å². The van der Waals surface area contributed by atoms with E-state index in [9.17, 15) is 21.6 Å². The molecule has 1 saturated heterocycles. The van der Waals surface area contributed by atoms with Gasteiger partial charge in [0.05, 0.1) is 10.9 Å². The molecule has 2 aromatic carbocycles. The second-order valence-corrected chi connectivity index (χ2v) is 8.22. The van der Waals surface area contributed by atoms with Crippen LogP contribution in [0.25, 0.3) is 0 Å². The van der Waals surface area contributed by atoms with Gasteiger partial charge in [-0.05, 0) is 24.7 Å². The molecule has 0 aliphatic carbocycles. The third kappa shape index (κ3) is 4.60. The summed E-state index contributed by atoms with van der Waals surface area (Å²) in [6.07, 6.45) is -4.89. The molecule has 1 unspecified atom stereocenters. The van der Waals surface area contributed by atoms with Crippen LogP contribution in [0.5, 0.6) is 5.75 Å². The van der Waals surface area contributed by atoms with Crippen LogP contribution in [0, 0.1) is 0 Å². The summed E-state index contributed by atoms with van der Waals surface area (Å²) in [5, 5.41) is 0. The van der Waals surface area contributed by atoms with Crippen LogP contribution in [-0.2, 0) is 10.0 Å². The largest absolute Gasteiger partial charge is 0.573 e. The number of halogens is 3. The zero-order valence-electron chi connectivity index (χ0n) is 14.6. The lowest BCUT2D eigenvalue weighted by Crippen LogP contribution is -2.49. The number of sulfonamides is 1. The van der Waals surface area contributed by atoms with Gasteiger partial charge in [-0.25, -0.2) is 8.42 Å². The van der Waals surface area contributed by atoms with Gasteiger partial charge in [0.2, 0.25) is 10.0 Å². The lowest BCUT2D eigenvalue weighted by Gasteiger charge is -2.39. The second-order valence-electron chi connectivity index (χ2n) is 6.33. The lowest BCUT2D eigenvalue weighted by molar-refractivity contribution is -0.274. The Morgan fingerprint density at radius 3 is 2.41 bits per heavy atom.